The van der Waals surface area contributed by atoms with Crippen LogP contribution in [-0.4, -0.2) is 13.0 Å². The fourth-order valence-corrected chi connectivity index (χ4v) is 3.21. The van der Waals surface area contributed by atoms with Crippen molar-refractivity contribution < 1.29 is 9.53 Å². The highest BCUT2D eigenvalue weighted by molar-refractivity contribution is 9.10. The Morgan fingerprint density at radius 1 is 1.07 bits per heavy atom. The number of nitrogens with one attached hydrogen (secondary N) is 1. The Bertz CT molecular complexity index is 1070. The molecule has 0 heterocycles. The molecular formula is C24H19BrN2O2. The van der Waals surface area contributed by atoms with Crippen LogP contribution in [0.2, 0.25) is 0 Å². The van der Waals surface area contributed by atoms with Gasteiger partial charge in [-0.25, -0.2) is 0 Å². The molecule has 0 atom stereocenters. The van der Waals surface area contributed by atoms with Crippen molar-refractivity contribution in [1.82, 2.24) is 0 Å². The molecule has 0 aliphatic rings. The summed E-state index contributed by atoms with van der Waals surface area (Å²) >= 11 is 3.56. The van der Waals surface area contributed by atoms with E-state index >= 15 is 0 Å². The number of halogens is 1. The van der Waals surface area contributed by atoms with Crippen molar-refractivity contribution >= 4 is 33.6 Å². The van der Waals surface area contributed by atoms with Crippen LogP contribution in [0.1, 0.15) is 16.7 Å². The van der Waals surface area contributed by atoms with E-state index in [1.807, 2.05) is 48.5 Å². The number of hydrogen-bond donors (Lipinski definition) is 1. The maximum Gasteiger partial charge on any atom is 0.266 e. The van der Waals surface area contributed by atoms with Gasteiger partial charge in [-0.2, -0.15) is 5.26 Å². The lowest BCUT2D eigenvalue weighted by Crippen LogP contribution is -2.13. The van der Waals surface area contributed by atoms with E-state index in [1.54, 1.807) is 37.5 Å². The van der Waals surface area contributed by atoms with Crippen molar-refractivity contribution in [1.29, 1.82) is 5.26 Å². The first-order valence-corrected chi connectivity index (χ1v) is 9.78. The molecule has 0 fully saturated rings. The molecule has 0 aromatic heterocycles. The molecule has 0 aliphatic carbocycles. The number of benzene rings is 3. The van der Waals surface area contributed by atoms with E-state index in [-0.39, 0.29) is 5.57 Å². The highest BCUT2D eigenvalue weighted by atomic mass is 79.9. The molecule has 0 saturated carbocycles. The number of amides is 1. The van der Waals surface area contributed by atoms with E-state index in [2.05, 4.69) is 27.3 Å². The number of hydrogen-bond acceptors (Lipinski definition) is 3. The van der Waals surface area contributed by atoms with Gasteiger partial charge in [0.2, 0.25) is 0 Å². The van der Waals surface area contributed by atoms with Gasteiger partial charge in [-0.3, -0.25) is 4.79 Å². The minimum Gasteiger partial charge on any atom is -0.497 e. The quantitative estimate of drug-likeness (QED) is 0.396. The molecule has 144 valence electrons. The molecule has 0 aliphatic heterocycles. The number of carbonyl (C=O) groups is 1. The average Bonchev–Trinajstić information content (AvgIpc) is 2.75. The molecule has 0 saturated heterocycles. The number of nitrogens with zero attached hydrogens (tertiary/aromatic N) is 1. The second-order valence-electron chi connectivity index (χ2n) is 6.36. The van der Waals surface area contributed by atoms with E-state index < -0.39 is 5.91 Å². The zero-order valence-corrected chi connectivity index (χ0v) is 17.4. The summed E-state index contributed by atoms with van der Waals surface area (Å²) in [7, 11) is 1.58. The summed E-state index contributed by atoms with van der Waals surface area (Å²) < 4.78 is 6.17. The molecule has 0 radical (unpaired) electrons. The Morgan fingerprint density at radius 2 is 1.76 bits per heavy atom. The summed E-state index contributed by atoms with van der Waals surface area (Å²) in [6, 6.07) is 24.8. The van der Waals surface area contributed by atoms with Gasteiger partial charge in [0.15, 0.2) is 0 Å². The fourth-order valence-electron chi connectivity index (χ4n) is 2.78. The van der Waals surface area contributed by atoms with Gasteiger partial charge in [0.05, 0.1) is 7.11 Å². The number of rotatable bonds is 6. The first-order chi connectivity index (χ1) is 14.1. The topological polar surface area (TPSA) is 62.1 Å². The highest BCUT2D eigenvalue weighted by Gasteiger charge is 2.10. The Kier molecular flexibility index (Phi) is 6.83. The van der Waals surface area contributed by atoms with Crippen molar-refractivity contribution in [2.45, 2.75) is 6.42 Å². The highest BCUT2D eigenvalue weighted by Crippen LogP contribution is 2.20. The third-order valence-corrected chi connectivity index (χ3v) is 5.13. The van der Waals surface area contributed by atoms with E-state index in [4.69, 9.17) is 4.74 Å². The van der Waals surface area contributed by atoms with Gasteiger partial charge in [-0.1, -0.05) is 58.4 Å². The minimum atomic E-state index is -0.449. The first-order valence-electron chi connectivity index (χ1n) is 8.98. The standard InChI is InChI=1S/C24H19BrN2O2/c1-29-22-12-10-21(11-13-22)27-24(28)20(16-26)15-18-8-6-17(7-9-18)14-19-4-2-3-5-23(19)25/h2-13,15H,14H2,1H3,(H,27,28)/b20-15+. The van der Waals surface area contributed by atoms with Crippen molar-refractivity contribution in [3.63, 3.8) is 0 Å². The number of anilines is 1. The van der Waals surface area contributed by atoms with Gasteiger partial charge >= 0.3 is 0 Å². The van der Waals surface area contributed by atoms with Gasteiger partial charge in [0, 0.05) is 10.2 Å². The average molecular weight is 447 g/mol. The molecule has 3 aromatic carbocycles. The predicted molar refractivity (Wildman–Crippen MR) is 119 cm³/mol. The molecule has 0 bridgehead atoms. The summed E-state index contributed by atoms with van der Waals surface area (Å²) in [6.07, 6.45) is 2.38. The third kappa shape index (κ3) is 5.56. The molecule has 29 heavy (non-hydrogen) atoms. The zero-order chi connectivity index (χ0) is 20.6. The van der Waals surface area contributed by atoms with Crippen LogP contribution in [0, 0.1) is 11.3 Å². The Hall–Kier alpha value is -3.36. The maximum atomic E-state index is 12.4. The first kappa shape index (κ1) is 20.4. The number of carbonyl (C=O) groups excluding carboxylic acids is 1. The van der Waals surface area contributed by atoms with Crippen LogP contribution in [0.4, 0.5) is 5.69 Å². The SMILES string of the molecule is COc1ccc(NC(=O)/C(C#N)=C/c2ccc(Cc3ccccc3Br)cc2)cc1. The summed E-state index contributed by atoms with van der Waals surface area (Å²) in [5, 5.41) is 12.1. The monoisotopic (exact) mass is 446 g/mol. The summed E-state index contributed by atoms with van der Waals surface area (Å²) in [5.74, 6) is 0.247. The Morgan fingerprint density at radius 3 is 2.38 bits per heavy atom. The third-order valence-electron chi connectivity index (χ3n) is 4.36. The molecule has 3 aromatic rings. The lowest BCUT2D eigenvalue weighted by molar-refractivity contribution is -0.112. The van der Waals surface area contributed by atoms with Gasteiger partial charge in [0.25, 0.3) is 5.91 Å². The largest absolute Gasteiger partial charge is 0.497 e. The van der Waals surface area contributed by atoms with E-state index in [0.29, 0.717) is 11.4 Å². The number of nitriles is 1. The normalized spacial score (nSPS) is 10.9. The van der Waals surface area contributed by atoms with Crippen molar-refractivity contribution in [2.24, 2.45) is 0 Å². The fraction of sp³-hybridized carbons (Fsp3) is 0.0833. The molecular weight excluding hydrogens is 428 g/mol. The molecule has 0 spiro atoms. The van der Waals surface area contributed by atoms with Crippen LogP contribution >= 0.6 is 15.9 Å². The molecule has 0 unspecified atom stereocenters. The van der Waals surface area contributed by atoms with Crippen molar-refractivity contribution in [3.8, 4) is 11.8 Å². The lowest BCUT2D eigenvalue weighted by Gasteiger charge is -2.06. The van der Waals surface area contributed by atoms with Gasteiger partial charge in [0.1, 0.15) is 17.4 Å². The molecule has 1 amide bonds. The van der Waals surface area contributed by atoms with E-state index in [0.717, 1.165) is 22.0 Å². The number of methoxy groups -OCH3 is 1. The van der Waals surface area contributed by atoms with E-state index in [9.17, 15) is 10.1 Å². The molecule has 1 N–H and O–H groups in total. The second kappa shape index (κ2) is 9.72. The zero-order valence-electron chi connectivity index (χ0n) is 15.9. The summed E-state index contributed by atoms with van der Waals surface area (Å²) in [5.41, 5.74) is 3.78. The van der Waals surface area contributed by atoms with Crippen molar-refractivity contribution in [2.75, 3.05) is 12.4 Å². The lowest BCUT2D eigenvalue weighted by atomic mass is 10.0. The summed E-state index contributed by atoms with van der Waals surface area (Å²) in [4.78, 5) is 12.4. The van der Waals surface area contributed by atoms with Crippen LogP contribution < -0.4 is 10.1 Å². The van der Waals surface area contributed by atoms with Crippen LogP contribution in [-0.2, 0) is 11.2 Å². The molecule has 3 rings (SSSR count). The van der Waals surface area contributed by atoms with Gasteiger partial charge in [-0.05, 0) is 59.5 Å². The minimum absolute atomic E-state index is 0.0411. The van der Waals surface area contributed by atoms with E-state index in [1.165, 1.54) is 5.56 Å². The summed E-state index contributed by atoms with van der Waals surface area (Å²) in [6.45, 7) is 0. The Labute approximate surface area is 178 Å². The van der Waals surface area contributed by atoms with Crippen LogP contribution in [0.3, 0.4) is 0 Å². The number of ether oxygens (including phenoxy) is 1. The van der Waals surface area contributed by atoms with Crippen LogP contribution in [0.15, 0.2) is 82.8 Å². The molecule has 4 nitrogen and oxygen atoms in total. The maximum absolute atomic E-state index is 12.4. The molecule has 5 heteroatoms. The Balaban J connectivity index is 1.70. The smallest absolute Gasteiger partial charge is 0.266 e. The van der Waals surface area contributed by atoms with Crippen molar-refractivity contribution in [3.05, 3.63) is 99.5 Å². The second-order valence-corrected chi connectivity index (χ2v) is 7.22. The van der Waals surface area contributed by atoms with Gasteiger partial charge in [-0.15, -0.1) is 0 Å². The van der Waals surface area contributed by atoms with Gasteiger partial charge < -0.3 is 10.1 Å². The van der Waals surface area contributed by atoms with Crippen LogP contribution in [0.25, 0.3) is 6.08 Å². The predicted octanol–water partition coefficient (Wildman–Crippen LogP) is 5.59. The van der Waals surface area contributed by atoms with Crippen LogP contribution in [0.5, 0.6) is 5.75 Å².